The average molecular weight is 424 g/mol. The summed E-state index contributed by atoms with van der Waals surface area (Å²) in [5.74, 6) is -0.258. The third-order valence-corrected chi connectivity index (χ3v) is 6.89. The molecule has 0 fully saturated rings. The summed E-state index contributed by atoms with van der Waals surface area (Å²) in [6.45, 7) is 0.205. The van der Waals surface area contributed by atoms with Crippen LogP contribution in [0.2, 0.25) is 0 Å². The molecular weight excluding hydrogens is 406 g/mol. The van der Waals surface area contributed by atoms with Crippen molar-refractivity contribution < 1.29 is 13.2 Å². The molecule has 29 heavy (non-hydrogen) atoms. The van der Waals surface area contributed by atoms with Crippen molar-refractivity contribution in [3.8, 4) is 11.3 Å². The molecule has 1 amide bonds. The lowest BCUT2D eigenvalue weighted by atomic mass is 10.0. The Morgan fingerprint density at radius 1 is 1.00 bits per heavy atom. The predicted molar refractivity (Wildman–Crippen MR) is 114 cm³/mol. The molecule has 0 aliphatic heterocycles. The molecule has 2 aromatic carbocycles. The highest BCUT2D eigenvalue weighted by Crippen LogP contribution is 2.25. The molecule has 0 aliphatic carbocycles. The lowest BCUT2D eigenvalue weighted by Gasteiger charge is -2.10. The molecule has 0 atom stereocenters. The molecule has 0 unspecified atom stereocenters. The average Bonchev–Trinajstić information content (AvgIpc) is 3.21. The molecule has 146 valence electrons. The van der Waals surface area contributed by atoms with Crippen LogP contribution in [0.3, 0.4) is 0 Å². The molecule has 0 bridgehead atoms. The number of rotatable bonds is 5. The maximum absolute atomic E-state index is 12.9. The van der Waals surface area contributed by atoms with Crippen molar-refractivity contribution in [1.29, 1.82) is 0 Å². The van der Waals surface area contributed by atoms with Gasteiger partial charge in [0.2, 0.25) is 10.0 Å². The first kappa shape index (κ1) is 19.3. The van der Waals surface area contributed by atoms with E-state index < -0.39 is 10.0 Å². The second kappa shape index (κ2) is 7.75. The van der Waals surface area contributed by atoms with Crippen LogP contribution in [0.25, 0.3) is 22.2 Å². The van der Waals surface area contributed by atoms with Crippen molar-refractivity contribution in [2.24, 2.45) is 5.14 Å². The Hall–Kier alpha value is -3.07. The molecule has 0 spiro atoms. The van der Waals surface area contributed by atoms with Crippen LogP contribution in [0.15, 0.2) is 77.0 Å². The van der Waals surface area contributed by atoms with Gasteiger partial charge in [-0.15, -0.1) is 11.3 Å². The molecule has 4 rings (SSSR count). The molecule has 2 aromatic heterocycles. The van der Waals surface area contributed by atoms with Crippen molar-refractivity contribution in [3.63, 3.8) is 0 Å². The zero-order chi connectivity index (χ0) is 20.4. The Kier molecular flexibility index (Phi) is 5.14. The fourth-order valence-corrected chi connectivity index (χ4v) is 4.71. The van der Waals surface area contributed by atoms with Gasteiger partial charge in [0.25, 0.3) is 5.91 Å². The number of aromatic nitrogens is 1. The van der Waals surface area contributed by atoms with E-state index in [0.717, 1.165) is 27.8 Å². The smallest absolute Gasteiger partial charge is 0.252 e. The number of sulfonamides is 1. The fraction of sp³-hybridized carbons (Fsp3) is 0.0476. The summed E-state index contributed by atoms with van der Waals surface area (Å²) in [6.07, 6.45) is 0. The van der Waals surface area contributed by atoms with Crippen LogP contribution >= 0.6 is 11.3 Å². The van der Waals surface area contributed by atoms with Crippen molar-refractivity contribution in [2.45, 2.75) is 10.8 Å². The highest BCUT2D eigenvalue weighted by Gasteiger charge is 2.15. The standard InChI is InChI=1S/C21H17N3O3S2/c22-29(26,27)20-11-10-15(28-20)13-23-21(25)17-12-19(14-6-2-1-3-7-14)24-18-9-5-4-8-16(17)18/h1-12H,13H2,(H,23,25)(H2,22,26,27). The van der Waals surface area contributed by atoms with E-state index in [4.69, 9.17) is 5.14 Å². The third-order valence-electron chi connectivity index (χ3n) is 4.37. The number of thiophene rings is 1. The topological polar surface area (TPSA) is 102 Å². The number of hydrogen-bond donors (Lipinski definition) is 2. The van der Waals surface area contributed by atoms with E-state index in [9.17, 15) is 13.2 Å². The lowest BCUT2D eigenvalue weighted by Crippen LogP contribution is -2.22. The van der Waals surface area contributed by atoms with Gasteiger partial charge in [-0.3, -0.25) is 4.79 Å². The summed E-state index contributed by atoms with van der Waals surface area (Å²) >= 11 is 1.04. The minimum atomic E-state index is -3.74. The maximum atomic E-state index is 12.9. The summed E-state index contributed by atoms with van der Waals surface area (Å²) in [4.78, 5) is 18.3. The van der Waals surface area contributed by atoms with Gasteiger partial charge in [-0.25, -0.2) is 18.5 Å². The van der Waals surface area contributed by atoms with Crippen molar-refractivity contribution in [1.82, 2.24) is 10.3 Å². The number of benzene rings is 2. The van der Waals surface area contributed by atoms with E-state index in [1.807, 2.05) is 54.6 Å². The SMILES string of the molecule is NS(=O)(=O)c1ccc(CNC(=O)c2cc(-c3ccccc3)nc3ccccc23)s1. The first-order valence-electron chi connectivity index (χ1n) is 8.77. The van der Waals surface area contributed by atoms with Crippen molar-refractivity contribution in [2.75, 3.05) is 0 Å². The zero-order valence-electron chi connectivity index (χ0n) is 15.2. The highest BCUT2D eigenvalue weighted by molar-refractivity contribution is 7.91. The number of nitrogens with one attached hydrogen (secondary N) is 1. The van der Waals surface area contributed by atoms with Crippen LogP contribution < -0.4 is 10.5 Å². The molecule has 2 heterocycles. The highest BCUT2D eigenvalue weighted by atomic mass is 32.2. The number of carbonyl (C=O) groups excluding carboxylic acids is 1. The Bertz CT molecular complexity index is 1300. The predicted octanol–water partition coefficient (Wildman–Crippen LogP) is 3.54. The Morgan fingerprint density at radius 2 is 1.72 bits per heavy atom. The van der Waals surface area contributed by atoms with Crippen LogP contribution in [0.4, 0.5) is 0 Å². The lowest BCUT2D eigenvalue weighted by molar-refractivity contribution is 0.0953. The number of carbonyl (C=O) groups is 1. The molecule has 0 saturated heterocycles. The molecule has 3 N–H and O–H groups in total. The minimum Gasteiger partial charge on any atom is -0.347 e. The van der Waals surface area contributed by atoms with E-state index in [0.29, 0.717) is 16.1 Å². The molecule has 0 radical (unpaired) electrons. The zero-order valence-corrected chi connectivity index (χ0v) is 16.8. The van der Waals surface area contributed by atoms with Crippen LogP contribution in [-0.4, -0.2) is 19.3 Å². The van der Waals surface area contributed by atoms with Crippen LogP contribution in [0, 0.1) is 0 Å². The van der Waals surface area contributed by atoms with E-state index in [1.165, 1.54) is 6.07 Å². The van der Waals surface area contributed by atoms with Crippen molar-refractivity contribution >= 4 is 38.2 Å². The van der Waals surface area contributed by atoms with Crippen molar-refractivity contribution in [3.05, 3.63) is 83.2 Å². The van der Waals surface area contributed by atoms with E-state index in [1.54, 1.807) is 12.1 Å². The van der Waals surface area contributed by atoms with E-state index >= 15 is 0 Å². The van der Waals surface area contributed by atoms with Gasteiger partial charge in [0.05, 0.1) is 23.3 Å². The van der Waals surface area contributed by atoms with Gasteiger partial charge in [0.1, 0.15) is 4.21 Å². The molecule has 6 nitrogen and oxygen atoms in total. The second-order valence-electron chi connectivity index (χ2n) is 6.39. The molecule has 0 aliphatic rings. The number of nitrogens with zero attached hydrogens (tertiary/aromatic N) is 1. The largest absolute Gasteiger partial charge is 0.347 e. The van der Waals surface area contributed by atoms with Crippen LogP contribution in [0.1, 0.15) is 15.2 Å². The van der Waals surface area contributed by atoms with Gasteiger partial charge in [-0.1, -0.05) is 48.5 Å². The normalized spacial score (nSPS) is 11.5. The Labute approximate surface area is 172 Å². The molecule has 4 aromatic rings. The summed E-state index contributed by atoms with van der Waals surface area (Å²) < 4.78 is 22.9. The van der Waals surface area contributed by atoms with Gasteiger partial charge in [-0.2, -0.15) is 0 Å². The summed E-state index contributed by atoms with van der Waals surface area (Å²) in [6, 6.07) is 22.0. The van der Waals surface area contributed by atoms with E-state index in [2.05, 4.69) is 10.3 Å². The van der Waals surface area contributed by atoms with Gasteiger partial charge in [0, 0.05) is 15.8 Å². The Balaban J connectivity index is 1.65. The van der Waals surface area contributed by atoms with Gasteiger partial charge < -0.3 is 5.32 Å². The Morgan fingerprint density at radius 3 is 2.45 bits per heavy atom. The van der Waals surface area contributed by atoms with Crippen LogP contribution in [-0.2, 0) is 16.6 Å². The van der Waals surface area contributed by atoms with Gasteiger partial charge in [-0.05, 0) is 24.3 Å². The first-order chi connectivity index (χ1) is 13.9. The fourth-order valence-electron chi connectivity index (χ4n) is 2.99. The first-order valence-corrected chi connectivity index (χ1v) is 11.1. The molecule has 8 heteroatoms. The number of amides is 1. The summed E-state index contributed by atoms with van der Waals surface area (Å²) in [5.41, 5.74) is 2.87. The number of pyridine rings is 1. The molecule has 0 saturated carbocycles. The molecular formula is C21H17N3O3S2. The number of hydrogen-bond acceptors (Lipinski definition) is 5. The van der Waals surface area contributed by atoms with Crippen LogP contribution in [0.5, 0.6) is 0 Å². The number of para-hydroxylation sites is 1. The van der Waals surface area contributed by atoms with E-state index in [-0.39, 0.29) is 16.7 Å². The quantitative estimate of drug-likeness (QED) is 0.512. The number of fused-ring (bicyclic) bond motifs is 1. The minimum absolute atomic E-state index is 0.0717. The number of primary sulfonamides is 1. The van der Waals surface area contributed by atoms with Gasteiger partial charge >= 0.3 is 0 Å². The third kappa shape index (κ3) is 4.19. The van der Waals surface area contributed by atoms with Gasteiger partial charge in [0.15, 0.2) is 0 Å². The maximum Gasteiger partial charge on any atom is 0.252 e. The second-order valence-corrected chi connectivity index (χ2v) is 9.34. The number of nitrogens with two attached hydrogens (primary N) is 1. The summed E-state index contributed by atoms with van der Waals surface area (Å²) in [7, 11) is -3.74. The monoisotopic (exact) mass is 423 g/mol. The summed E-state index contributed by atoms with van der Waals surface area (Å²) in [5, 5.41) is 8.75.